The number of amides is 1. The van der Waals surface area contributed by atoms with Crippen molar-refractivity contribution in [3.05, 3.63) is 0 Å². The Morgan fingerprint density at radius 3 is 2.72 bits per heavy atom. The topological polar surface area (TPSA) is 58.4 Å². The van der Waals surface area contributed by atoms with Crippen LogP contribution in [0.2, 0.25) is 0 Å². The molecule has 0 aromatic heterocycles. The fourth-order valence-electron chi connectivity index (χ4n) is 2.25. The average molecular weight is 278 g/mol. The lowest BCUT2D eigenvalue weighted by molar-refractivity contribution is -0.123. The van der Waals surface area contributed by atoms with Gasteiger partial charge in [0.1, 0.15) is 0 Å². The highest BCUT2D eigenvalue weighted by molar-refractivity contribution is 5.85. The first-order valence-corrected chi connectivity index (χ1v) is 6.76. The van der Waals surface area contributed by atoms with Crippen LogP contribution in [-0.2, 0) is 4.79 Å². The van der Waals surface area contributed by atoms with Crippen molar-refractivity contribution < 1.29 is 4.79 Å². The molecule has 5 heteroatoms. The number of likely N-dealkylation sites (tertiary alicyclic amines) is 1. The molecule has 1 unspecified atom stereocenters. The van der Waals surface area contributed by atoms with Crippen LogP contribution in [-0.4, -0.2) is 43.0 Å². The number of hydrogen-bond donors (Lipinski definition) is 2. The molecule has 108 valence electrons. The fraction of sp³-hybridized carbons (Fsp3) is 0.923. The van der Waals surface area contributed by atoms with Crippen molar-refractivity contribution in [1.29, 1.82) is 0 Å². The van der Waals surface area contributed by atoms with Gasteiger partial charge in [-0.1, -0.05) is 20.8 Å². The second-order valence-electron chi connectivity index (χ2n) is 5.61. The summed E-state index contributed by atoms with van der Waals surface area (Å²) in [6.45, 7) is 10.2. The Labute approximate surface area is 117 Å². The van der Waals surface area contributed by atoms with E-state index in [0.29, 0.717) is 6.54 Å². The number of carbonyl (C=O) groups is 1. The number of carbonyl (C=O) groups excluding carboxylic acids is 1. The molecule has 1 aliphatic heterocycles. The van der Waals surface area contributed by atoms with Gasteiger partial charge in [-0.15, -0.1) is 12.4 Å². The molecule has 0 aromatic rings. The van der Waals surface area contributed by atoms with E-state index in [2.05, 4.69) is 17.1 Å². The van der Waals surface area contributed by atoms with Crippen LogP contribution < -0.4 is 11.1 Å². The number of hydrogen-bond acceptors (Lipinski definition) is 3. The summed E-state index contributed by atoms with van der Waals surface area (Å²) < 4.78 is 0. The fourth-order valence-corrected chi connectivity index (χ4v) is 2.25. The molecular weight excluding hydrogens is 250 g/mol. The number of nitrogens with zero attached hydrogens (tertiary/aromatic N) is 1. The predicted molar refractivity (Wildman–Crippen MR) is 77.9 cm³/mol. The first kappa shape index (κ1) is 17.7. The smallest absolute Gasteiger partial charge is 0.237 e. The van der Waals surface area contributed by atoms with Crippen LogP contribution in [0.4, 0.5) is 0 Å². The van der Waals surface area contributed by atoms with Crippen LogP contribution in [0.25, 0.3) is 0 Å². The van der Waals surface area contributed by atoms with Gasteiger partial charge >= 0.3 is 0 Å². The van der Waals surface area contributed by atoms with Crippen molar-refractivity contribution in [2.75, 3.05) is 26.2 Å². The molecule has 0 aromatic carbocycles. The minimum Gasteiger partial charge on any atom is -0.353 e. The SMILES string of the molecule is CC1CCCN(CCNC(=O)[C@@H](N)C(C)C)C1.Cl. The maximum absolute atomic E-state index is 11.6. The normalized spacial score (nSPS) is 22.4. The van der Waals surface area contributed by atoms with Crippen LogP contribution in [0.5, 0.6) is 0 Å². The van der Waals surface area contributed by atoms with Crippen molar-refractivity contribution in [3.8, 4) is 0 Å². The lowest BCUT2D eigenvalue weighted by atomic mass is 10.0. The van der Waals surface area contributed by atoms with E-state index in [1.807, 2.05) is 13.8 Å². The minimum atomic E-state index is -0.379. The molecule has 1 heterocycles. The monoisotopic (exact) mass is 277 g/mol. The third kappa shape index (κ3) is 6.03. The maximum atomic E-state index is 11.6. The zero-order valence-electron chi connectivity index (χ0n) is 11.8. The van der Waals surface area contributed by atoms with Crippen molar-refractivity contribution in [3.63, 3.8) is 0 Å². The van der Waals surface area contributed by atoms with Gasteiger partial charge in [0, 0.05) is 19.6 Å². The van der Waals surface area contributed by atoms with Gasteiger partial charge in [-0.25, -0.2) is 0 Å². The van der Waals surface area contributed by atoms with Crippen molar-refractivity contribution in [2.24, 2.45) is 17.6 Å². The second kappa shape index (κ2) is 8.73. The molecule has 2 atom stereocenters. The number of piperidine rings is 1. The molecule has 1 rings (SSSR count). The van der Waals surface area contributed by atoms with Gasteiger partial charge in [0.15, 0.2) is 0 Å². The zero-order valence-corrected chi connectivity index (χ0v) is 12.6. The van der Waals surface area contributed by atoms with Gasteiger partial charge < -0.3 is 16.0 Å². The van der Waals surface area contributed by atoms with Gasteiger partial charge in [-0.3, -0.25) is 4.79 Å². The highest BCUT2D eigenvalue weighted by atomic mass is 35.5. The summed E-state index contributed by atoms with van der Waals surface area (Å²) in [5.74, 6) is 0.965. The van der Waals surface area contributed by atoms with Crippen LogP contribution in [0, 0.1) is 11.8 Å². The van der Waals surface area contributed by atoms with E-state index in [0.717, 1.165) is 25.6 Å². The van der Waals surface area contributed by atoms with Gasteiger partial charge in [-0.05, 0) is 31.2 Å². The van der Waals surface area contributed by atoms with E-state index in [1.54, 1.807) is 0 Å². The Bertz CT molecular complexity index is 248. The Hall–Kier alpha value is -0.320. The molecule has 4 nitrogen and oxygen atoms in total. The van der Waals surface area contributed by atoms with Crippen molar-refractivity contribution in [1.82, 2.24) is 10.2 Å². The van der Waals surface area contributed by atoms with Gasteiger partial charge in [0.25, 0.3) is 0 Å². The molecule has 0 aliphatic carbocycles. The Kier molecular flexibility index (Phi) is 8.57. The number of nitrogens with one attached hydrogen (secondary N) is 1. The summed E-state index contributed by atoms with van der Waals surface area (Å²) in [4.78, 5) is 14.1. The highest BCUT2D eigenvalue weighted by Gasteiger charge is 2.18. The number of halogens is 1. The first-order valence-electron chi connectivity index (χ1n) is 6.76. The molecule has 1 amide bonds. The van der Waals surface area contributed by atoms with Crippen LogP contribution in [0.15, 0.2) is 0 Å². The summed E-state index contributed by atoms with van der Waals surface area (Å²) in [7, 11) is 0. The highest BCUT2D eigenvalue weighted by Crippen LogP contribution is 2.14. The third-order valence-corrected chi connectivity index (χ3v) is 3.49. The van der Waals surface area contributed by atoms with E-state index < -0.39 is 0 Å². The zero-order chi connectivity index (χ0) is 12.8. The maximum Gasteiger partial charge on any atom is 0.237 e. The lowest BCUT2D eigenvalue weighted by Gasteiger charge is -2.30. The number of rotatable bonds is 5. The summed E-state index contributed by atoms with van der Waals surface area (Å²) in [6.07, 6.45) is 2.61. The largest absolute Gasteiger partial charge is 0.353 e. The quantitative estimate of drug-likeness (QED) is 0.795. The lowest BCUT2D eigenvalue weighted by Crippen LogP contribution is -2.47. The molecule has 0 bridgehead atoms. The molecule has 0 radical (unpaired) electrons. The molecular formula is C13H28ClN3O. The third-order valence-electron chi connectivity index (χ3n) is 3.49. The standard InChI is InChI=1S/C13H27N3O.ClH/c1-10(2)12(14)13(17)15-6-8-16-7-4-5-11(3)9-16;/h10-12H,4-9,14H2,1-3H3,(H,15,17);1H/t11?,12-;/m0./s1. The van der Waals surface area contributed by atoms with E-state index in [4.69, 9.17) is 5.73 Å². The second-order valence-corrected chi connectivity index (χ2v) is 5.61. The van der Waals surface area contributed by atoms with Crippen molar-refractivity contribution in [2.45, 2.75) is 39.7 Å². The van der Waals surface area contributed by atoms with Gasteiger partial charge in [-0.2, -0.15) is 0 Å². The van der Waals surface area contributed by atoms with Crippen LogP contribution in [0.1, 0.15) is 33.6 Å². The van der Waals surface area contributed by atoms with E-state index in [1.165, 1.54) is 12.8 Å². The molecule has 3 N–H and O–H groups in total. The molecule has 0 saturated carbocycles. The Balaban J connectivity index is 0.00000289. The molecule has 1 fully saturated rings. The van der Waals surface area contributed by atoms with E-state index in [-0.39, 0.29) is 30.3 Å². The summed E-state index contributed by atoms with van der Waals surface area (Å²) in [5, 5.41) is 2.92. The average Bonchev–Trinajstić information content (AvgIpc) is 2.27. The van der Waals surface area contributed by atoms with Gasteiger partial charge in [0.2, 0.25) is 5.91 Å². The van der Waals surface area contributed by atoms with E-state index in [9.17, 15) is 4.79 Å². The minimum absolute atomic E-state index is 0. The predicted octanol–water partition coefficient (Wildman–Crippen LogP) is 1.24. The van der Waals surface area contributed by atoms with Crippen molar-refractivity contribution >= 4 is 18.3 Å². The Morgan fingerprint density at radius 2 is 2.17 bits per heavy atom. The molecule has 18 heavy (non-hydrogen) atoms. The van der Waals surface area contributed by atoms with Crippen LogP contribution >= 0.6 is 12.4 Å². The molecule has 0 spiro atoms. The summed E-state index contributed by atoms with van der Waals surface area (Å²) in [6, 6.07) is -0.379. The van der Waals surface area contributed by atoms with Crippen LogP contribution in [0.3, 0.4) is 0 Å². The van der Waals surface area contributed by atoms with Gasteiger partial charge in [0.05, 0.1) is 6.04 Å². The Morgan fingerprint density at radius 1 is 1.50 bits per heavy atom. The number of nitrogens with two attached hydrogens (primary N) is 1. The molecule has 1 saturated heterocycles. The molecule has 1 aliphatic rings. The first-order chi connectivity index (χ1) is 8.00. The summed E-state index contributed by atoms with van der Waals surface area (Å²) in [5.41, 5.74) is 5.78. The summed E-state index contributed by atoms with van der Waals surface area (Å²) >= 11 is 0. The van der Waals surface area contributed by atoms with E-state index >= 15 is 0 Å².